The minimum absolute atomic E-state index is 0.641. The highest BCUT2D eigenvalue weighted by Crippen LogP contribution is 2.38. The summed E-state index contributed by atoms with van der Waals surface area (Å²) in [4.78, 5) is 0. The van der Waals surface area contributed by atoms with Gasteiger partial charge >= 0.3 is 0 Å². The van der Waals surface area contributed by atoms with Crippen LogP contribution in [0.25, 0.3) is 0 Å². The van der Waals surface area contributed by atoms with E-state index >= 15 is 0 Å². The van der Waals surface area contributed by atoms with Gasteiger partial charge in [-0.25, -0.2) is 0 Å². The molecule has 0 heterocycles. The van der Waals surface area contributed by atoms with Crippen LogP contribution in [0.5, 0.6) is 0 Å². The van der Waals surface area contributed by atoms with Gasteiger partial charge in [-0.3, -0.25) is 0 Å². The first-order valence-corrected chi connectivity index (χ1v) is 4.88. The zero-order valence-corrected chi connectivity index (χ0v) is 7.53. The fraction of sp³-hybridized carbons (Fsp3) is 0.231. The van der Waals surface area contributed by atoms with Crippen LogP contribution in [0.4, 0.5) is 0 Å². The summed E-state index contributed by atoms with van der Waals surface area (Å²) in [6.07, 6.45) is 18.1. The molecule has 3 rings (SSSR count). The average Bonchev–Trinajstić information content (AvgIpc) is 2.80. The molecule has 13 heavy (non-hydrogen) atoms. The van der Waals surface area contributed by atoms with Crippen LogP contribution in [0, 0.1) is 5.92 Å². The zero-order valence-electron chi connectivity index (χ0n) is 7.53. The molecule has 0 radical (unpaired) electrons. The van der Waals surface area contributed by atoms with E-state index in [1.807, 2.05) is 0 Å². The van der Waals surface area contributed by atoms with Crippen LogP contribution in [0.1, 0.15) is 12.8 Å². The molecule has 0 spiro atoms. The maximum atomic E-state index is 2.36. The lowest BCUT2D eigenvalue weighted by Gasteiger charge is -2.15. The highest BCUT2D eigenvalue weighted by molar-refractivity contribution is 5.56. The smallest absolute Gasteiger partial charge is 0.00586 e. The standard InChI is InChI=1S/C13H12/c1-2-4-11(5-3-1)13-9-10-6-7-12(13)8-10/h1-4,6-7,9,11H,5,8H2. The minimum Gasteiger partial charge on any atom is -0.0836 e. The lowest BCUT2D eigenvalue weighted by Crippen LogP contribution is -2.01. The molecule has 0 heteroatoms. The van der Waals surface area contributed by atoms with Gasteiger partial charge in [0, 0.05) is 5.92 Å². The van der Waals surface area contributed by atoms with Crippen LogP contribution in [0.15, 0.2) is 59.3 Å². The first-order valence-electron chi connectivity index (χ1n) is 4.88. The van der Waals surface area contributed by atoms with Crippen molar-refractivity contribution in [2.24, 2.45) is 5.92 Å². The quantitative estimate of drug-likeness (QED) is 0.563. The molecule has 0 N–H and O–H groups in total. The van der Waals surface area contributed by atoms with E-state index in [0.717, 1.165) is 0 Å². The summed E-state index contributed by atoms with van der Waals surface area (Å²) < 4.78 is 0. The molecule has 3 aliphatic carbocycles. The molecule has 1 unspecified atom stereocenters. The van der Waals surface area contributed by atoms with Gasteiger partial charge in [0.2, 0.25) is 0 Å². The molecule has 1 atom stereocenters. The van der Waals surface area contributed by atoms with Crippen molar-refractivity contribution in [2.45, 2.75) is 12.8 Å². The molecular formula is C13H12. The van der Waals surface area contributed by atoms with Gasteiger partial charge in [0.05, 0.1) is 0 Å². The normalized spacial score (nSPS) is 28.9. The Balaban J connectivity index is 1.95. The van der Waals surface area contributed by atoms with Crippen LogP contribution in [-0.4, -0.2) is 0 Å². The maximum absolute atomic E-state index is 2.36. The Labute approximate surface area is 78.7 Å². The molecule has 0 amide bonds. The Bertz CT molecular complexity index is 386. The lowest BCUT2D eigenvalue weighted by molar-refractivity contribution is 0.782. The van der Waals surface area contributed by atoms with Crippen LogP contribution in [0.3, 0.4) is 0 Å². The van der Waals surface area contributed by atoms with E-state index < -0.39 is 0 Å². The summed E-state index contributed by atoms with van der Waals surface area (Å²) >= 11 is 0. The monoisotopic (exact) mass is 168 g/mol. The Hall–Kier alpha value is -1.30. The first-order chi connectivity index (χ1) is 6.43. The molecular weight excluding hydrogens is 156 g/mol. The Morgan fingerprint density at radius 2 is 2.15 bits per heavy atom. The summed E-state index contributed by atoms with van der Waals surface area (Å²) in [6.45, 7) is 0. The topological polar surface area (TPSA) is 0 Å². The van der Waals surface area contributed by atoms with E-state index in [-0.39, 0.29) is 0 Å². The van der Waals surface area contributed by atoms with Crippen LogP contribution in [0.2, 0.25) is 0 Å². The van der Waals surface area contributed by atoms with Gasteiger partial charge in [-0.2, -0.15) is 0 Å². The van der Waals surface area contributed by atoms with Crippen molar-refractivity contribution in [3.05, 3.63) is 59.3 Å². The summed E-state index contributed by atoms with van der Waals surface area (Å²) in [5.74, 6) is 0.641. The molecule has 0 aromatic carbocycles. The van der Waals surface area contributed by atoms with Crippen molar-refractivity contribution < 1.29 is 0 Å². The molecule has 0 aromatic rings. The Morgan fingerprint density at radius 1 is 1.15 bits per heavy atom. The van der Waals surface area contributed by atoms with Crippen molar-refractivity contribution in [2.75, 3.05) is 0 Å². The molecule has 0 fully saturated rings. The first kappa shape index (κ1) is 7.14. The van der Waals surface area contributed by atoms with Gasteiger partial charge in [-0.05, 0) is 29.6 Å². The summed E-state index contributed by atoms with van der Waals surface area (Å²) in [6, 6.07) is 0. The van der Waals surface area contributed by atoms with Gasteiger partial charge in [0.15, 0.2) is 0 Å². The second-order valence-electron chi connectivity index (χ2n) is 3.87. The largest absolute Gasteiger partial charge is 0.0836 e. The second kappa shape index (κ2) is 2.59. The number of allylic oxidation sites excluding steroid dienone is 10. The van der Waals surface area contributed by atoms with Gasteiger partial charge in [0.1, 0.15) is 0 Å². The van der Waals surface area contributed by atoms with E-state index in [1.54, 1.807) is 11.1 Å². The third-order valence-electron chi connectivity index (χ3n) is 2.98. The molecule has 0 aromatic heterocycles. The highest BCUT2D eigenvalue weighted by atomic mass is 14.3. The lowest BCUT2D eigenvalue weighted by atomic mass is 9.90. The molecule has 2 bridgehead atoms. The van der Waals surface area contributed by atoms with Gasteiger partial charge in [-0.1, -0.05) is 42.5 Å². The average molecular weight is 168 g/mol. The number of rotatable bonds is 1. The van der Waals surface area contributed by atoms with Crippen molar-refractivity contribution in [3.8, 4) is 0 Å². The number of fused-ring (bicyclic) bond motifs is 2. The van der Waals surface area contributed by atoms with E-state index in [4.69, 9.17) is 0 Å². The fourth-order valence-corrected chi connectivity index (χ4v) is 2.29. The SMILES string of the molecule is C1=CCC(C2=C3C=CC(=C2)C3)C=C1. The zero-order chi connectivity index (χ0) is 8.67. The van der Waals surface area contributed by atoms with Crippen LogP contribution < -0.4 is 0 Å². The fourth-order valence-electron chi connectivity index (χ4n) is 2.29. The van der Waals surface area contributed by atoms with E-state index in [1.165, 1.54) is 18.4 Å². The van der Waals surface area contributed by atoms with Crippen molar-refractivity contribution in [3.63, 3.8) is 0 Å². The maximum Gasteiger partial charge on any atom is 0.00586 e. The van der Waals surface area contributed by atoms with Crippen molar-refractivity contribution in [1.82, 2.24) is 0 Å². The van der Waals surface area contributed by atoms with E-state index in [0.29, 0.717) is 5.92 Å². The summed E-state index contributed by atoms with van der Waals surface area (Å²) in [7, 11) is 0. The molecule has 64 valence electrons. The Kier molecular flexibility index (Phi) is 1.42. The Morgan fingerprint density at radius 3 is 2.77 bits per heavy atom. The van der Waals surface area contributed by atoms with Crippen LogP contribution in [-0.2, 0) is 0 Å². The van der Waals surface area contributed by atoms with E-state index in [2.05, 4.69) is 42.5 Å². The van der Waals surface area contributed by atoms with Gasteiger partial charge < -0.3 is 0 Å². The van der Waals surface area contributed by atoms with Crippen molar-refractivity contribution >= 4 is 0 Å². The molecule has 0 aliphatic heterocycles. The summed E-state index contributed by atoms with van der Waals surface area (Å²) in [5.41, 5.74) is 4.59. The van der Waals surface area contributed by atoms with Gasteiger partial charge in [0.25, 0.3) is 0 Å². The van der Waals surface area contributed by atoms with Crippen LogP contribution >= 0.6 is 0 Å². The van der Waals surface area contributed by atoms with Gasteiger partial charge in [-0.15, -0.1) is 0 Å². The minimum atomic E-state index is 0.641. The number of hydrogen-bond acceptors (Lipinski definition) is 0. The third kappa shape index (κ3) is 1.06. The summed E-state index contributed by atoms with van der Waals surface area (Å²) in [5, 5.41) is 0. The van der Waals surface area contributed by atoms with E-state index in [9.17, 15) is 0 Å². The molecule has 3 aliphatic rings. The molecule has 0 nitrogen and oxygen atoms in total. The second-order valence-corrected chi connectivity index (χ2v) is 3.87. The predicted octanol–water partition coefficient (Wildman–Crippen LogP) is 3.32. The van der Waals surface area contributed by atoms with Crippen molar-refractivity contribution in [1.29, 1.82) is 0 Å². The molecule has 0 saturated carbocycles. The number of hydrogen-bond donors (Lipinski definition) is 0. The molecule has 0 saturated heterocycles. The predicted molar refractivity (Wildman–Crippen MR) is 55.3 cm³/mol. The third-order valence-corrected chi connectivity index (χ3v) is 2.98. The highest BCUT2D eigenvalue weighted by Gasteiger charge is 2.22.